The van der Waals surface area contributed by atoms with Gasteiger partial charge in [-0.25, -0.2) is 9.61 Å². The second-order valence-electron chi connectivity index (χ2n) is 4.84. The van der Waals surface area contributed by atoms with E-state index in [1.54, 1.807) is 17.4 Å². The number of nitrogens with zero attached hydrogens (tertiary/aromatic N) is 3. The van der Waals surface area contributed by atoms with Crippen LogP contribution in [0.5, 0.6) is 5.75 Å². The molecule has 0 radical (unpaired) electrons. The third-order valence-electron chi connectivity index (χ3n) is 3.28. The lowest BCUT2D eigenvalue weighted by Gasteiger charge is -2.03. The van der Waals surface area contributed by atoms with Crippen molar-refractivity contribution in [1.29, 1.82) is 0 Å². The molecule has 0 amide bonds. The van der Waals surface area contributed by atoms with Crippen LogP contribution in [0, 0.1) is 0 Å². The van der Waals surface area contributed by atoms with Gasteiger partial charge in [-0.1, -0.05) is 23.7 Å². The molecule has 0 N–H and O–H groups in total. The van der Waals surface area contributed by atoms with Crippen molar-refractivity contribution in [3.8, 4) is 17.0 Å². The van der Waals surface area contributed by atoms with Crippen LogP contribution in [0.15, 0.2) is 52.5 Å². The normalized spacial score (nSPS) is 11.0. The second kappa shape index (κ2) is 5.98. The SMILES string of the molecule is Clc1ccc(-c2csc(COc3ccc4nonc4c3)n2)cc1. The molecular weight excluding hydrogens is 334 g/mol. The van der Waals surface area contributed by atoms with Gasteiger partial charge in [0.15, 0.2) is 0 Å². The van der Waals surface area contributed by atoms with Crippen LogP contribution in [0.1, 0.15) is 5.01 Å². The highest BCUT2D eigenvalue weighted by Gasteiger charge is 2.07. The molecule has 5 nitrogen and oxygen atoms in total. The van der Waals surface area contributed by atoms with Crippen molar-refractivity contribution in [3.05, 3.63) is 57.9 Å². The van der Waals surface area contributed by atoms with Gasteiger partial charge in [0.1, 0.15) is 28.4 Å². The van der Waals surface area contributed by atoms with Gasteiger partial charge in [-0.15, -0.1) is 11.3 Å². The van der Waals surface area contributed by atoms with E-state index >= 15 is 0 Å². The number of hydrogen-bond acceptors (Lipinski definition) is 6. The molecule has 0 aliphatic carbocycles. The molecule has 2 aromatic carbocycles. The van der Waals surface area contributed by atoms with Crippen molar-refractivity contribution in [2.24, 2.45) is 0 Å². The molecule has 0 aliphatic heterocycles. The third kappa shape index (κ3) is 3.04. The molecule has 23 heavy (non-hydrogen) atoms. The Hall–Kier alpha value is -2.44. The Morgan fingerprint density at radius 2 is 1.87 bits per heavy atom. The van der Waals surface area contributed by atoms with Gasteiger partial charge in [-0.3, -0.25) is 0 Å². The summed E-state index contributed by atoms with van der Waals surface area (Å²) in [4.78, 5) is 4.58. The zero-order chi connectivity index (χ0) is 15.6. The van der Waals surface area contributed by atoms with Gasteiger partial charge in [0.2, 0.25) is 0 Å². The fourth-order valence-corrected chi connectivity index (χ4v) is 2.97. The average Bonchev–Trinajstić information content (AvgIpc) is 3.22. The highest BCUT2D eigenvalue weighted by Crippen LogP contribution is 2.25. The standard InChI is InChI=1S/C16H10ClN3O2S/c17-11-3-1-10(2-4-11)15-9-23-16(18-15)8-21-12-5-6-13-14(7-12)20-22-19-13/h1-7,9H,8H2. The second-order valence-corrected chi connectivity index (χ2v) is 6.22. The summed E-state index contributed by atoms with van der Waals surface area (Å²) in [5, 5.41) is 11.2. The molecule has 4 rings (SSSR count). The van der Waals surface area contributed by atoms with Crippen molar-refractivity contribution in [2.75, 3.05) is 0 Å². The smallest absolute Gasteiger partial charge is 0.140 e. The zero-order valence-corrected chi connectivity index (χ0v) is 13.3. The summed E-state index contributed by atoms with van der Waals surface area (Å²) >= 11 is 7.46. The van der Waals surface area contributed by atoms with Crippen molar-refractivity contribution in [3.63, 3.8) is 0 Å². The van der Waals surface area contributed by atoms with Gasteiger partial charge >= 0.3 is 0 Å². The molecule has 0 saturated carbocycles. The summed E-state index contributed by atoms with van der Waals surface area (Å²) in [6, 6.07) is 13.0. The van der Waals surface area contributed by atoms with Crippen molar-refractivity contribution < 1.29 is 9.37 Å². The molecule has 4 aromatic rings. The molecule has 0 unspecified atom stereocenters. The summed E-state index contributed by atoms with van der Waals surface area (Å²) in [5.74, 6) is 0.705. The van der Waals surface area contributed by atoms with Crippen LogP contribution in [0.2, 0.25) is 5.02 Å². The fraction of sp³-hybridized carbons (Fsp3) is 0.0625. The molecule has 0 saturated heterocycles. The average molecular weight is 344 g/mol. The van der Waals surface area contributed by atoms with E-state index in [1.807, 2.05) is 41.8 Å². The maximum atomic E-state index is 5.90. The number of benzene rings is 2. The van der Waals surface area contributed by atoms with E-state index < -0.39 is 0 Å². The number of halogens is 1. The van der Waals surface area contributed by atoms with Gasteiger partial charge in [0.05, 0.1) is 5.69 Å². The summed E-state index contributed by atoms with van der Waals surface area (Å²) in [6.45, 7) is 0.398. The molecule has 2 aromatic heterocycles. The number of ether oxygens (including phenoxy) is 1. The lowest BCUT2D eigenvalue weighted by Crippen LogP contribution is -1.94. The molecular formula is C16H10ClN3O2S. The number of hydrogen-bond donors (Lipinski definition) is 0. The molecule has 7 heteroatoms. The molecule has 0 aliphatic rings. The first kappa shape index (κ1) is 14.2. The Morgan fingerprint density at radius 1 is 1.04 bits per heavy atom. The lowest BCUT2D eigenvalue weighted by molar-refractivity contribution is 0.305. The maximum Gasteiger partial charge on any atom is 0.140 e. The summed E-state index contributed by atoms with van der Waals surface area (Å²) in [5.41, 5.74) is 3.33. The first-order chi connectivity index (χ1) is 11.3. The highest BCUT2D eigenvalue weighted by molar-refractivity contribution is 7.09. The Labute approximate surface area is 140 Å². The van der Waals surface area contributed by atoms with Gasteiger partial charge in [-0.05, 0) is 34.6 Å². The summed E-state index contributed by atoms with van der Waals surface area (Å²) < 4.78 is 10.4. The largest absolute Gasteiger partial charge is 0.486 e. The van der Waals surface area contributed by atoms with Crippen LogP contribution in [-0.2, 0) is 6.61 Å². The fourth-order valence-electron chi connectivity index (χ4n) is 2.13. The Bertz CT molecular complexity index is 949. The van der Waals surface area contributed by atoms with Crippen LogP contribution in [0.3, 0.4) is 0 Å². The van der Waals surface area contributed by atoms with Crippen LogP contribution in [-0.4, -0.2) is 15.3 Å². The van der Waals surface area contributed by atoms with E-state index in [-0.39, 0.29) is 0 Å². The van der Waals surface area contributed by atoms with Gasteiger partial charge in [0.25, 0.3) is 0 Å². The summed E-state index contributed by atoms with van der Waals surface area (Å²) in [7, 11) is 0. The monoisotopic (exact) mass is 343 g/mol. The molecule has 0 atom stereocenters. The Balaban J connectivity index is 1.48. The minimum absolute atomic E-state index is 0.398. The Kier molecular flexibility index (Phi) is 3.69. The van der Waals surface area contributed by atoms with Gasteiger partial charge < -0.3 is 4.74 Å². The van der Waals surface area contributed by atoms with E-state index in [1.165, 1.54) is 0 Å². The van der Waals surface area contributed by atoms with Crippen molar-refractivity contribution in [1.82, 2.24) is 15.3 Å². The van der Waals surface area contributed by atoms with E-state index in [0.29, 0.717) is 28.4 Å². The first-order valence-electron chi connectivity index (χ1n) is 6.83. The minimum Gasteiger partial charge on any atom is -0.486 e. The number of aromatic nitrogens is 3. The van der Waals surface area contributed by atoms with Crippen LogP contribution in [0.25, 0.3) is 22.3 Å². The van der Waals surface area contributed by atoms with Gasteiger partial charge in [-0.2, -0.15) is 0 Å². The molecule has 0 fully saturated rings. The maximum absolute atomic E-state index is 5.90. The quantitative estimate of drug-likeness (QED) is 0.542. The molecule has 0 bridgehead atoms. The topological polar surface area (TPSA) is 61.0 Å². The summed E-state index contributed by atoms with van der Waals surface area (Å²) in [6.07, 6.45) is 0. The van der Waals surface area contributed by atoms with Crippen LogP contribution < -0.4 is 4.74 Å². The van der Waals surface area contributed by atoms with Crippen molar-refractivity contribution in [2.45, 2.75) is 6.61 Å². The third-order valence-corrected chi connectivity index (χ3v) is 4.35. The van der Waals surface area contributed by atoms with Crippen LogP contribution >= 0.6 is 22.9 Å². The minimum atomic E-state index is 0.398. The van der Waals surface area contributed by atoms with E-state index in [4.69, 9.17) is 16.3 Å². The molecule has 114 valence electrons. The predicted octanol–water partition coefficient (Wildman–Crippen LogP) is 4.58. The van der Waals surface area contributed by atoms with Crippen molar-refractivity contribution >= 4 is 34.0 Å². The number of fused-ring (bicyclic) bond motifs is 1. The number of rotatable bonds is 4. The lowest BCUT2D eigenvalue weighted by atomic mass is 10.2. The van der Waals surface area contributed by atoms with E-state index in [0.717, 1.165) is 16.3 Å². The zero-order valence-electron chi connectivity index (χ0n) is 11.8. The highest BCUT2D eigenvalue weighted by atomic mass is 35.5. The number of thiazole rings is 1. The van der Waals surface area contributed by atoms with E-state index in [2.05, 4.69) is 19.9 Å². The van der Waals surface area contributed by atoms with Crippen LogP contribution in [0.4, 0.5) is 0 Å². The molecule has 0 spiro atoms. The van der Waals surface area contributed by atoms with E-state index in [9.17, 15) is 0 Å². The molecule has 2 heterocycles. The van der Waals surface area contributed by atoms with Gasteiger partial charge in [0, 0.05) is 22.0 Å². The Morgan fingerprint density at radius 3 is 2.74 bits per heavy atom. The predicted molar refractivity (Wildman–Crippen MR) is 88.7 cm³/mol. The first-order valence-corrected chi connectivity index (χ1v) is 8.09.